The lowest BCUT2D eigenvalue weighted by Crippen LogP contribution is -2.11. The molecular formula is C15H10F2N2O. The van der Waals surface area contributed by atoms with E-state index in [1.165, 1.54) is 0 Å². The first-order chi connectivity index (χ1) is 9.54. The summed E-state index contributed by atoms with van der Waals surface area (Å²) in [6, 6.07) is 8.30. The van der Waals surface area contributed by atoms with Gasteiger partial charge in [0.05, 0.1) is 10.9 Å². The number of hydrogen-bond acceptors (Lipinski definition) is 2. The first-order valence-electron chi connectivity index (χ1n) is 6.01. The van der Waals surface area contributed by atoms with Gasteiger partial charge in [0.15, 0.2) is 0 Å². The zero-order valence-corrected chi connectivity index (χ0v) is 10.6. The van der Waals surface area contributed by atoms with Crippen LogP contribution in [0.1, 0.15) is 5.56 Å². The van der Waals surface area contributed by atoms with Crippen molar-refractivity contribution in [3.05, 3.63) is 63.9 Å². The first-order valence-corrected chi connectivity index (χ1v) is 6.01. The molecule has 0 aliphatic carbocycles. The summed E-state index contributed by atoms with van der Waals surface area (Å²) in [5.41, 5.74) is 1.16. The van der Waals surface area contributed by atoms with E-state index in [1.54, 1.807) is 25.1 Å². The maximum atomic E-state index is 13.2. The number of nitrogens with one attached hydrogen (secondary N) is 1. The summed E-state index contributed by atoms with van der Waals surface area (Å²) in [4.78, 5) is 18.9. The quantitative estimate of drug-likeness (QED) is 0.739. The lowest BCUT2D eigenvalue weighted by Gasteiger charge is -2.05. The van der Waals surface area contributed by atoms with E-state index in [-0.39, 0.29) is 16.9 Å². The maximum Gasteiger partial charge on any atom is 0.259 e. The van der Waals surface area contributed by atoms with Gasteiger partial charge in [-0.3, -0.25) is 4.79 Å². The topological polar surface area (TPSA) is 45.8 Å². The van der Waals surface area contributed by atoms with Crippen LogP contribution in [0.25, 0.3) is 22.3 Å². The van der Waals surface area contributed by atoms with Crippen LogP contribution in [0.2, 0.25) is 0 Å². The molecule has 20 heavy (non-hydrogen) atoms. The molecule has 0 saturated carbocycles. The van der Waals surface area contributed by atoms with Gasteiger partial charge in [-0.1, -0.05) is 12.1 Å². The van der Waals surface area contributed by atoms with Crippen LogP contribution < -0.4 is 5.56 Å². The van der Waals surface area contributed by atoms with Gasteiger partial charge in [-0.2, -0.15) is 0 Å². The smallest absolute Gasteiger partial charge is 0.259 e. The van der Waals surface area contributed by atoms with Gasteiger partial charge in [-0.05, 0) is 30.7 Å². The third-order valence-electron chi connectivity index (χ3n) is 3.08. The predicted molar refractivity (Wildman–Crippen MR) is 72.5 cm³/mol. The Hall–Kier alpha value is -2.56. The van der Waals surface area contributed by atoms with E-state index in [0.29, 0.717) is 10.9 Å². The molecule has 0 spiro atoms. The van der Waals surface area contributed by atoms with Crippen molar-refractivity contribution in [1.82, 2.24) is 9.97 Å². The number of fused-ring (bicyclic) bond motifs is 1. The largest absolute Gasteiger partial charge is 0.306 e. The molecule has 2 aromatic carbocycles. The minimum absolute atomic E-state index is 0.145. The van der Waals surface area contributed by atoms with Gasteiger partial charge in [0, 0.05) is 11.6 Å². The molecule has 0 atom stereocenters. The van der Waals surface area contributed by atoms with Crippen LogP contribution in [0.3, 0.4) is 0 Å². The molecule has 0 fully saturated rings. The highest BCUT2D eigenvalue weighted by Gasteiger charge is 2.09. The highest BCUT2D eigenvalue weighted by Crippen LogP contribution is 2.20. The first kappa shape index (κ1) is 12.5. The zero-order chi connectivity index (χ0) is 14.3. The van der Waals surface area contributed by atoms with Crippen molar-refractivity contribution in [3.63, 3.8) is 0 Å². The fraction of sp³-hybridized carbons (Fsp3) is 0.0667. The number of halogens is 2. The van der Waals surface area contributed by atoms with E-state index in [2.05, 4.69) is 9.97 Å². The summed E-state index contributed by atoms with van der Waals surface area (Å²) in [5, 5.41) is 0.480. The third-order valence-corrected chi connectivity index (χ3v) is 3.08. The van der Waals surface area contributed by atoms with E-state index in [4.69, 9.17) is 0 Å². The Labute approximate surface area is 112 Å². The Balaban J connectivity index is 2.30. The zero-order valence-electron chi connectivity index (χ0n) is 10.6. The molecular weight excluding hydrogens is 262 g/mol. The van der Waals surface area contributed by atoms with E-state index < -0.39 is 11.6 Å². The summed E-state index contributed by atoms with van der Waals surface area (Å²) in [7, 11) is 0. The average Bonchev–Trinajstić information content (AvgIpc) is 2.37. The monoisotopic (exact) mass is 272 g/mol. The highest BCUT2D eigenvalue weighted by atomic mass is 19.1. The Kier molecular flexibility index (Phi) is 2.82. The van der Waals surface area contributed by atoms with Gasteiger partial charge < -0.3 is 4.98 Å². The molecule has 1 heterocycles. The van der Waals surface area contributed by atoms with Gasteiger partial charge in [0.1, 0.15) is 17.5 Å². The second-order valence-corrected chi connectivity index (χ2v) is 4.54. The third kappa shape index (κ3) is 2.07. The van der Waals surface area contributed by atoms with Gasteiger partial charge in [-0.25, -0.2) is 13.8 Å². The van der Waals surface area contributed by atoms with Crippen LogP contribution in [-0.2, 0) is 0 Å². The van der Waals surface area contributed by atoms with Crippen LogP contribution in [-0.4, -0.2) is 9.97 Å². The molecule has 3 nitrogen and oxygen atoms in total. The molecule has 0 aliphatic rings. The number of aryl methyl sites for hydroxylation is 1. The SMILES string of the molecule is Cc1cccc2nc(-c3cc(F)cc(F)c3)[nH]c(=O)c12. The van der Waals surface area contributed by atoms with Gasteiger partial charge >= 0.3 is 0 Å². The lowest BCUT2D eigenvalue weighted by molar-refractivity contribution is 0.584. The molecule has 5 heteroatoms. The van der Waals surface area contributed by atoms with Crippen LogP contribution in [0.15, 0.2) is 41.2 Å². The van der Waals surface area contributed by atoms with Crippen LogP contribution >= 0.6 is 0 Å². The molecule has 0 amide bonds. The maximum absolute atomic E-state index is 13.2. The molecule has 0 unspecified atom stereocenters. The normalized spacial score (nSPS) is 10.9. The fourth-order valence-corrected chi connectivity index (χ4v) is 2.19. The molecule has 0 radical (unpaired) electrons. The number of H-pyrrole nitrogens is 1. The predicted octanol–water partition coefficient (Wildman–Crippen LogP) is 3.18. The fourth-order valence-electron chi connectivity index (χ4n) is 2.19. The molecule has 0 aliphatic heterocycles. The molecule has 0 saturated heterocycles. The molecule has 0 bridgehead atoms. The molecule has 100 valence electrons. The molecule has 3 rings (SSSR count). The summed E-state index contributed by atoms with van der Waals surface area (Å²) in [6.45, 7) is 1.81. The summed E-state index contributed by atoms with van der Waals surface area (Å²) >= 11 is 0. The number of aromatic amines is 1. The number of benzene rings is 2. The van der Waals surface area contributed by atoms with Crippen molar-refractivity contribution in [2.75, 3.05) is 0 Å². The van der Waals surface area contributed by atoms with Crippen molar-refractivity contribution in [1.29, 1.82) is 0 Å². The Morgan fingerprint density at radius 3 is 2.50 bits per heavy atom. The minimum atomic E-state index is -0.716. The Morgan fingerprint density at radius 1 is 1.10 bits per heavy atom. The van der Waals surface area contributed by atoms with E-state index in [0.717, 1.165) is 23.8 Å². The van der Waals surface area contributed by atoms with E-state index in [9.17, 15) is 13.6 Å². The van der Waals surface area contributed by atoms with Gasteiger partial charge in [0.2, 0.25) is 0 Å². The number of rotatable bonds is 1. The minimum Gasteiger partial charge on any atom is -0.306 e. The van der Waals surface area contributed by atoms with Crippen molar-refractivity contribution in [2.45, 2.75) is 6.92 Å². The second kappa shape index (κ2) is 4.52. The number of nitrogens with zero attached hydrogens (tertiary/aromatic N) is 1. The standard InChI is InChI=1S/C15H10F2N2O/c1-8-3-2-4-12-13(8)15(20)19-14(18-12)9-5-10(16)7-11(17)6-9/h2-7H,1H3,(H,18,19,20). The molecule has 1 N–H and O–H groups in total. The van der Waals surface area contributed by atoms with Gasteiger partial charge in [0.25, 0.3) is 5.56 Å². The van der Waals surface area contributed by atoms with Gasteiger partial charge in [-0.15, -0.1) is 0 Å². The van der Waals surface area contributed by atoms with Crippen LogP contribution in [0.4, 0.5) is 8.78 Å². The van der Waals surface area contributed by atoms with Crippen molar-refractivity contribution < 1.29 is 8.78 Å². The van der Waals surface area contributed by atoms with Crippen molar-refractivity contribution in [3.8, 4) is 11.4 Å². The van der Waals surface area contributed by atoms with Crippen LogP contribution in [0, 0.1) is 18.6 Å². The van der Waals surface area contributed by atoms with E-state index in [1.807, 2.05) is 0 Å². The summed E-state index contributed by atoms with van der Waals surface area (Å²) in [5.74, 6) is -1.29. The van der Waals surface area contributed by atoms with Crippen LogP contribution in [0.5, 0.6) is 0 Å². The summed E-state index contributed by atoms with van der Waals surface area (Å²) < 4.78 is 26.5. The summed E-state index contributed by atoms with van der Waals surface area (Å²) in [6.07, 6.45) is 0. The highest BCUT2D eigenvalue weighted by molar-refractivity contribution is 5.82. The number of hydrogen-bond donors (Lipinski definition) is 1. The second-order valence-electron chi connectivity index (χ2n) is 4.54. The Bertz CT molecular complexity index is 851. The average molecular weight is 272 g/mol. The van der Waals surface area contributed by atoms with Crippen molar-refractivity contribution >= 4 is 10.9 Å². The van der Waals surface area contributed by atoms with E-state index >= 15 is 0 Å². The Morgan fingerprint density at radius 2 is 1.80 bits per heavy atom. The molecule has 3 aromatic rings. The van der Waals surface area contributed by atoms with Crippen molar-refractivity contribution in [2.24, 2.45) is 0 Å². The number of aromatic nitrogens is 2. The lowest BCUT2D eigenvalue weighted by atomic mass is 10.1. The molecule has 1 aromatic heterocycles.